The Morgan fingerprint density at radius 1 is 1.10 bits per heavy atom. The van der Waals surface area contributed by atoms with Crippen LogP contribution in [0.5, 0.6) is 0 Å². The molecule has 0 saturated heterocycles. The number of aryl methyl sites for hydroxylation is 2. The van der Waals surface area contributed by atoms with Gasteiger partial charge in [-0.3, -0.25) is 0 Å². The van der Waals surface area contributed by atoms with Gasteiger partial charge in [-0.25, -0.2) is 9.97 Å². The number of nitrogens with zero attached hydrogens (tertiary/aromatic N) is 2. The van der Waals surface area contributed by atoms with Gasteiger partial charge in [-0.2, -0.15) is 0 Å². The number of aromatic nitrogens is 2. The number of ether oxygens (including phenoxy) is 1. The lowest BCUT2D eigenvalue weighted by atomic mass is 10.0. The summed E-state index contributed by atoms with van der Waals surface area (Å²) in [5.41, 5.74) is 4.55. The first-order valence-electron chi connectivity index (χ1n) is 7.41. The van der Waals surface area contributed by atoms with Gasteiger partial charge in [0.25, 0.3) is 0 Å². The van der Waals surface area contributed by atoms with Crippen molar-refractivity contribution in [3.8, 4) is 11.3 Å². The van der Waals surface area contributed by atoms with E-state index in [1.54, 1.807) is 0 Å². The molecule has 0 radical (unpaired) electrons. The highest BCUT2D eigenvalue weighted by Crippen LogP contribution is 2.24. The maximum Gasteiger partial charge on any atom is 0.157 e. The Hall–Kier alpha value is -1.94. The highest BCUT2D eigenvalue weighted by Gasteiger charge is 2.09. The van der Waals surface area contributed by atoms with Crippen LogP contribution in [0.15, 0.2) is 24.3 Å². The van der Waals surface area contributed by atoms with Crippen molar-refractivity contribution in [3.63, 3.8) is 0 Å². The summed E-state index contributed by atoms with van der Waals surface area (Å²) in [7, 11) is 0. The zero-order chi connectivity index (χ0) is 15.2. The number of hydrogen-bond acceptors (Lipinski definition) is 4. The highest BCUT2D eigenvalue weighted by molar-refractivity contribution is 5.66. The Morgan fingerprint density at radius 3 is 2.57 bits per heavy atom. The lowest BCUT2D eigenvalue weighted by molar-refractivity contribution is 0.128. The Bertz CT molecular complexity index is 611. The van der Waals surface area contributed by atoms with Crippen molar-refractivity contribution < 1.29 is 4.74 Å². The fourth-order valence-corrected chi connectivity index (χ4v) is 2.27. The second-order valence-electron chi connectivity index (χ2n) is 5.04. The van der Waals surface area contributed by atoms with Gasteiger partial charge in [-0.15, -0.1) is 0 Å². The molecule has 4 nitrogen and oxygen atoms in total. The summed E-state index contributed by atoms with van der Waals surface area (Å²) < 4.78 is 5.44. The Labute approximate surface area is 126 Å². The molecular formula is C17H23N3O. The van der Waals surface area contributed by atoms with Gasteiger partial charge in [0.1, 0.15) is 12.4 Å². The molecule has 0 spiro atoms. The summed E-state index contributed by atoms with van der Waals surface area (Å²) in [6, 6.07) is 8.40. The van der Waals surface area contributed by atoms with Crippen LogP contribution >= 0.6 is 0 Å². The predicted molar refractivity (Wildman–Crippen MR) is 86.4 cm³/mol. The summed E-state index contributed by atoms with van der Waals surface area (Å²) in [6.45, 7) is 10.2. The minimum absolute atomic E-state index is 0.438. The second-order valence-corrected chi connectivity index (χ2v) is 5.04. The molecule has 0 aliphatic heterocycles. The zero-order valence-electron chi connectivity index (χ0n) is 13.2. The summed E-state index contributed by atoms with van der Waals surface area (Å²) in [5, 5.41) is 3.26. The van der Waals surface area contributed by atoms with Crippen molar-refractivity contribution in [2.24, 2.45) is 0 Å². The smallest absolute Gasteiger partial charge is 0.157 e. The molecule has 1 aromatic carbocycles. The van der Waals surface area contributed by atoms with Crippen LogP contribution in [-0.4, -0.2) is 23.1 Å². The third-order valence-corrected chi connectivity index (χ3v) is 3.22. The van der Waals surface area contributed by atoms with Gasteiger partial charge >= 0.3 is 0 Å². The molecule has 0 aliphatic carbocycles. The van der Waals surface area contributed by atoms with E-state index in [4.69, 9.17) is 4.74 Å². The third kappa shape index (κ3) is 4.02. The van der Waals surface area contributed by atoms with Gasteiger partial charge in [0.05, 0.1) is 5.69 Å². The van der Waals surface area contributed by atoms with Crippen molar-refractivity contribution in [1.29, 1.82) is 0 Å². The van der Waals surface area contributed by atoms with Crippen LogP contribution < -0.4 is 5.32 Å². The van der Waals surface area contributed by atoms with E-state index in [-0.39, 0.29) is 0 Å². The van der Waals surface area contributed by atoms with Crippen LogP contribution in [0.1, 0.15) is 30.8 Å². The number of rotatable bonds is 6. The van der Waals surface area contributed by atoms with E-state index < -0.39 is 0 Å². The number of hydrogen-bond donors (Lipinski definition) is 1. The van der Waals surface area contributed by atoms with Gasteiger partial charge in [-0.1, -0.05) is 23.8 Å². The highest BCUT2D eigenvalue weighted by atomic mass is 16.5. The molecule has 1 aromatic heterocycles. The maximum atomic E-state index is 5.44. The maximum absolute atomic E-state index is 5.44. The summed E-state index contributed by atoms with van der Waals surface area (Å²) in [5.74, 6) is 1.56. The quantitative estimate of drug-likeness (QED) is 0.878. The second kappa shape index (κ2) is 7.18. The molecule has 21 heavy (non-hydrogen) atoms. The van der Waals surface area contributed by atoms with Gasteiger partial charge < -0.3 is 10.1 Å². The molecule has 112 valence electrons. The predicted octanol–water partition coefficient (Wildman–Crippen LogP) is 3.73. The summed E-state index contributed by atoms with van der Waals surface area (Å²) in [4.78, 5) is 9.12. The van der Waals surface area contributed by atoms with Crippen LogP contribution in [-0.2, 0) is 11.3 Å². The van der Waals surface area contributed by atoms with Crippen LogP contribution in [0.3, 0.4) is 0 Å². The van der Waals surface area contributed by atoms with E-state index in [9.17, 15) is 0 Å². The van der Waals surface area contributed by atoms with E-state index in [2.05, 4.69) is 54.3 Å². The minimum Gasteiger partial charge on any atom is -0.374 e. The van der Waals surface area contributed by atoms with E-state index in [1.807, 2.05) is 13.0 Å². The Kier molecular flexibility index (Phi) is 5.28. The number of nitrogens with one attached hydrogen (secondary N) is 1. The van der Waals surface area contributed by atoms with Gasteiger partial charge in [0, 0.05) is 24.8 Å². The van der Waals surface area contributed by atoms with Gasteiger partial charge in [0.15, 0.2) is 5.82 Å². The molecule has 0 saturated carbocycles. The third-order valence-electron chi connectivity index (χ3n) is 3.22. The van der Waals surface area contributed by atoms with Crippen molar-refractivity contribution in [1.82, 2.24) is 9.97 Å². The topological polar surface area (TPSA) is 47.0 Å². The molecule has 0 amide bonds. The van der Waals surface area contributed by atoms with E-state index in [1.165, 1.54) is 11.1 Å². The monoisotopic (exact) mass is 285 g/mol. The number of anilines is 1. The lowest BCUT2D eigenvalue weighted by Crippen LogP contribution is -2.06. The molecule has 0 aliphatic rings. The molecule has 2 rings (SSSR count). The molecule has 0 atom stereocenters. The van der Waals surface area contributed by atoms with E-state index >= 15 is 0 Å². The van der Waals surface area contributed by atoms with Crippen LogP contribution in [0.2, 0.25) is 0 Å². The molecule has 1 N–H and O–H groups in total. The van der Waals surface area contributed by atoms with Crippen LogP contribution in [0.4, 0.5) is 5.82 Å². The molecule has 1 heterocycles. The lowest BCUT2D eigenvalue weighted by Gasteiger charge is -2.11. The first kappa shape index (κ1) is 15.4. The number of benzene rings is 1. The molecule has 0 unspecified atom stereocenters. The first-order valence-corrected chi connectivity index (χ1v) is 7.41. The van der Waals surface area contributed by atoms with Gasteiger partial charge in [-0.05, 0) is 33.3 Å². The van der Waals surface area contributed by atoms with Crippen molar-refractivity contribution in [2.75, 3.05) is 18.5 Å². The summed E-state index contributed by atoms with van der Waals surface area (Å²) >= 11 is 0. The standard InChI is InChI=1S/C17H23N3O/c1-5-18-16-10-15(19-17(20-16)11-21-6-2)14-8-7-12(3)9-13(14)4/h7-10H,5-6,11H2,1-4H3,(H,18,19,20). The zero-order valence-corrected chi connectivity index (χ0v) is 13.2. The molecule has 4 heteroatoms. The Balaban J connectivity index is 2.43. The molecule has 2 aromatic rings. The van der Waals surface area contributed by atoms with Crippen LogP contribution in [0.25, 0.3) is 11.3 Å². The molecular weight excluding hydrogens is 262 g/mol. The fraction of sp³-hybridized carbons (Fsp3) is 0.412. The van der Waals surface area contributed by atoms with Crippen molar-refractivity contribution in [3.05, 3.63) is 41.2 Å². The first-order chi connectivity index (χ1) is 10.1. The SMILES string of the molecule is CCNc1cc(-c2ccc(C)cc2C)nc(COCC)n1. The summed E-state index contributed by atoms with van der Waals surface area (Å²) in [6.07, 6.45) is 0. The molecule has 0 fully saturated rings. The average molecular weight is 285 g/mol. The van der Waals surface area contributed by atoms with E-state index in [0.717, 1.165) is 23.6 Å². The Morgan fingerprint density at radius 2 is 1.90 bits per heavy atom. The van der Waals surface area contributed by atoms with Crippen molar-refractivity contribution >= 4 is 5.82 Å². The van der Waals surface area contributed by atoms with Crippen molar-refractivity contribution in [2.45, 2.75) is 34.3 Å². The molecule has 0 bridgehead atoms. The normalized spacial score (nSPS) is 10.7. The fourth-order valence-electron chi connectivity index (χ4n) is 2.27. The minimum atomic E-state index is 0.438. The van der Waals surface area contributed by atoms with Gasteiger partial charge in [0.2, 0.25) is 0 Å². The van der Waals surface area contributed by atoms with Crippen LogP contribution in [0, 0.1) is 13.8 Å². The average Bonchev–Trinajstić information content (AvgIpc) is 2.45. The van der Waals surface area contributed by atoms with E-state index in [0.29, 0.717) is 19.0 Å². The largest absolute Gasteiger partial charge is 0.374 e.